The van der Waals surface area contributed by atoms with Gasteiger partial charge in [-0.15, -0.1) is 0 Å². The molecular formula is C10H12ClF3N2. The minimum Gasteiger partial charge on any atom is -0.300 e. The quantitative estimate of drug-likeness (QED) is 0.766. The fourth-order valence-corrected chi connectivity index (χ4v) is 1.39. The second-order valence-electron chi connectivity index (χ2n) is 3.55. The van der Waals surface area contributed by atoms with Crippen LogP contribution in [0.25, 0.3) is 0 Å². The fourth-order valence-electron chi connectivity index (χ4n) is 1.21. The smallest absolute Gasteiger partial charge is 0.300 e. The Morgan fingerprint density at radius 3 is 2.62 bits per heavy atom. The zero-order valence-corrected chi connectivity index (χ0v) is 9.52. The zero-order valence-electron chi connectivity index (χ0n) is 8.76. The van der Waals surface area contributed by atoms with E-state index in [4.69, 9.17) is 11.6 Å². The number of alkyl halides is 3. The first-order chi connectivity index (χ1) is 7.37. The molecule has 1 heterocycles. The molecule has 0 aliphatic rings. The highest BCUT2D eigenvalue weighted by molar-refractivity contribution is 6.29. The first kappa shape index (κ1) is 13.3. The van der Waals surface area contributed by atoms with E-state index in [1.54, 1.807) is 30.1 Å². The van der Waals surface area contributed by atoms with E-state index in [1.165, 1.54) is 0 Å². The van der Waals surface area contributed by atoms with Crippen LogP contribution in [0.4, 0.5) is 13.2 Å². The summed E-state index contributed by atoms with van der Waals surface area (Å²) in [6.07, 6.45) is -4.93. The first-order valence-electron chi connectivity index (χ1n) is 4.73. The summed E-state index contributed by atoms with van der Waals surface area (Å²) in [6, 6.07) is 5.08. The van der Waals surface area contributed by atoms with E-state index in [0.29, 0.717) is 17.4 Å². The van der Waals surface area contributed by atoms with Crippen LogP contribution in [0.5, 0.6) is 0 Å². The minimum absolute atomic E-state index is 0.0440. The monoisotopic (exact) mass is 252 g/mol. The number of rotatable bonds is 4. The van der Waals surface area contributed by atoms with Crippen LogP contribution < -0.4 is 0 Å². The average molecular weight is 253 g/mol. The summed E-state index contributed by atoms with van der Waals surface area (Å²) in [4.78, 5) is 5.56. The Balaban J connectivity index is 2.43. The Hall–Kier alpha value is -0.810. The van der Waals surface area contributed by atoms with Crippen LogP contribution in [0.2, 0.25) is 5.15 Å². The normalized spacial score (nSPS) is 12.1. The topological polar surface area (TPSA) is 16.1 Å². The van der Waals surface area contributed by atoms with Crippen molar-refractivity contribution < 1.29 is 13.2 Å². The van der Waals surface area contributed by atoms with Crippen molar-refractivity contribution in [2.75, 3.05) is 13.6 Å². The highest BCUT2D eigenvalue weighted by atomic mass is 35.5. The summed E-state index contributed by atoms with van der Waals surface area (Å²) in [7, 11) is 1.62. The standard InChI is InChI=1S/C10H12ClF3N2/c1-16(6-5-10(12,13)14)7-8-3-2-4-9(11)15-8/h2-4H,5-7H2,1H3. The van der Waals surface area contributed by atoms with Crippen molar-refractivity contribution in [3.8, 4) is 0 Å². The number of halogens is 4. The van der Waals surface area contributed by atoms with Crippen LogP contribution in [0.15, 0.2) is 18.2 Å². The summed E-state index contributed by atoms with van der Waals surface area (Å²) in [5.74, 6) is 0. The van der Waals surface area contributed by atoms with Gasteiger partial charge in [0.25, 0.3) is 0 Å². The molecule has 0 fully saturated rings. The lowest BCUT2D eigenvalue weighted by Gasteiger charge is -2.17. The fraction of sp³-hybridized carbons (Fsp3) is 0.500. The van der Waals surface area contributed by atoms with Crippen LogP contribution in [-0.4, -0.2) is 29.7 Å². The van der Waals surface area contributed by atoms with Crippen LogP contribution in [0, 0.1) is 0 Å². The number of hydrogen-bond donors (Lipinski definition) is 0. The van der Waals surface area contributed by atoms with Gasteiger partial charge in [-0.3, -0.25) is 0 Å². The van der Waals surface area contributed by atoms with Gasteiger partial charge in [0.15, 0.2) is 0 Å². The Morgan fingerprint density at radius 2 is 2.06 bits per heavy atom. The molecule has 0 aromatic carbocycles. The van der Waals surface area contributed by atoms with E-state index in [2.05, 4.69) is 4.98 Å². The lowest BCUT2D eigenvalue weighted by molar-refractivity contribution is -0.137. The highest BCUT2D eigenvalue weighted by Crippen LogP contribution is 2.19. The van der Waals surface area contributed by atoms with E-state index < -0.39 is 12.6 Å². The highest BCUT2D eigenvalue weighted by Gasteiger charge is 2.27. The zero-order chi connectivity index (χ0) is 12.2. The van der Waals surface area contributed by atoms with E-state index in [0.717, 1.165) is 0 Å². The molecule has 0 amide bonds. The van der Waals surface area contributed by atoms with Crippen LogP contribution in [-0.2, 0) is 6.54 Å². The molecule has 0 spiro atoms. The number of aromatic nitrogens is 1. The second kappa shape index (κ2) is 5.50. The molecule has 1 rings (SSSR count). The molecule has 1 aromatic rings. The van der Waals surface area contributed by atoms with Crippen LogP contribution >= 0.6 is 11.6 Å². The third-order valence-electron chi connectivity index (χ3n) is 1.98. The summed E-state index contributed by atoms with van der Waals surface area (Å²) >= 11 is 5.67. The van der Waals surface area contributed by atoms with Gasteiger partial charge in [0.1, 0.15) is 5.15 Å². The predicted molar refractivity (Wildman–Crippen MR) is 56.3 cm³/mol. The van der Waals surface area contributed by atoms with Crippen molar-refractivity contribution >= 4 is 11.6 Å². The molecule has 1 aromatic heterocycles. The molecule has 0 bridgehead atoms. The molecule has 0 N–H and O–H groups in total. The Kier molecular flexibility index (Phi) is 4.56. The van der Waals surface area contributed by atoms with Crippen LogP contribution in [0.3, 0.4) is 0 Å². The summed E-state index contributed by atoms with van der Waals surface area (Å²) in [5.41, 5.74) is 0.664. The number of nitrogens with zero attached hydrogens (tertiary/aromatic N) is 2. The lowest BCUT2D eigenvalue weighted by atomic mass is 10.3. The van der Waals surface area contributed by atoms with Gasteiger partial charge >= 0.3 is 6.18 Å². The molecule has 0 aliphatic carbocycles. The number of pyridine rings is 1. The van der Waals surface area contributed by atoms with Crippen molar-refractivity contribution in [1.82, 2.24) is 9.88 Å². The van der Waals surface area contributed by atoms with Crippen molar-refractivity contribution in [2.24, 2.45) is 0 Å². The van der Waals surface area contributed by atoms with Crippen molar-refractivity contribution in [1.29, 1.82) is 0 Å². The van der Waals surface area contributed by atoms with Crippen LogP contribution in [0.1, 0.15) is 12.1 Å². The third kappa shape index (κ3) is 5.32. The van der Waals surface area contributed by atoms with Gasteiger partial charge in [-0.1, -0.05) is 17.7 Å². The molecule has 2 nitrogen and oxygen atoms in total. The molecule has 16 heavy (non-hydrogen) atoms. The molecule has 0 saturated carbocycles. The van der Waals surface area contributed by atoms with Gasteiger partial charge in [-0.2, -0.15) is 13.2 Å². The average Bonchev–Trinajstić information content (AvgIpc) is 2.14. The second-order valence-corrected chi connectivity index (χ2v) is 3.94. The largest absolute Gasteiger partial charge is 0.390 e. The SMILES string of the molecule is CN(CCC(F)(F)F)Cc1cccc(Cl)n1. The third-order valence-corrected chi connectivity index (χ3v) is 2.19. The molecule has 6 heteroatoms. The van der Waals surface area contributed by atoms with Gasteiger partial charge in [-0.25, -0.2) is 4.98 Å². The minimum atomic E-state index is -4.12. The van der Waals surface area contributed by atoms with E-state index >= 15 is 0 Å². The van der Waals surface area contributed by atoms with E-state index in [9.17, 15) is 13.2 Å². The van der Waals surface area contributed by atoms with Gasteiger partial charge in [0.2, 0.25) is 0 Å². The van der Waals surface area contributed by atoms with Crippen molar-refractivity contribution in [2.45, 2.75) is 19.1 Å². The maximum atomic E-state index is 12.0. The molecule has 0 aliphatic heterocycles. The van der Waals surface area contributed by atoms with Crippen molar-refractivity contribution in [3.05, 3.63) is 29.0 Å². The number of hydrogen-bond acceptors (Lipinski definition) is 2. The first-order valence-corrected chi connectivity index (χ1v) is 5.11. The lowest BCUT2D eigenvalue weighted by Crippen LogP contribution is -2.24. The van der Waals surface area contributed by atoms with Crippen molar-refractivity contribution in [3.63, 3.8) is 0 Å². The van der Waals surface area contributed by atoms with E-state index in [1.807, 2.05) is 0 Å². The maximum absolute atomic E-state index is 12.0. The van der Waals surface area contributed by atoms with Gasteiger partial charge in [-0.05, 0) is 19.2 Å². The van der Waals surface area contributed by atoms with Gasteiger partial charge < -0.3 is 4.90 Å². The molecule has 90 valence electrons. The molecule has 0 radical (unpaired) electrons. The molecule has 0 saturated heterocycles. The van der Waals surface area contributed by atoms with Gasteiger partial charge in [0.05, 0.1) is 12.1 Å². The van der Waals surface area contributed by atoms with Gasteiger partial charge in [0, 0.05) is 13.1 Å². The Bertz CT molecular complexity index is 341. The van der Waals surface area contributed by atoms with E-state index in [-0.39, 0.29) is 6.54 Å². The summed E-state index contributed by atoms with van der Waals surface area (Å²) in [5, 5.41) is 0.349. The molecular weight excluding hydrogens is 241 g/mol. The Morgan fingerprint density at radius 1 is 1.38 bits per heavy atom. The summed E-state index contributed by atoms with van der Waals surface area (Å²) in [6.45, 7) is 0.314. The molecule has 0 atom stereocenters. The Labute approximate surface area is 97.0 Å². The maximum Gasteiger partial charge on any atom is 0.390 e. The summed E-state index contributed by atoms with van der Waals surface area (Å²) < 4.78 is 35.9. The molecule has 0 unspecified atom stereocenters. The predicted octanol–water partition coefficient (Wildman–Crippen LogP) is 3.12.